The van der Waals surface area contributed by atoms with Gasteiger partial charge in [-0.1, -0.05) is 214 Å². The molecule has 1 rings (SSSR count). The van der Waals surface area contributed by atoms with Gasteiger partial charge in [0.05, 0.1) is 6.33 Å². The number of rotatable bonds is 41. The number of nitrogens with zero attached hydrogens (tertiary/aromatic N) is 2. The molecular weight excluding hydrogens is 779 g/mol. The van der Waals surface area contributed by atoms with E-state index in [1.54, 1.807) is 6.20 Å². The maximum atomic E-state index is 12.2. The predicted octanol–water partition coefficient (Wildman–Crippen LogP) is 11.4. The molecule has 0 saturated heterocycles. The average molecular weight is 873 g/mol. The summed E-state index contributed by atoms with van der Waals surface area (Å²) >= 11 is 0. The van der Waals surface area contributed by atoms with E-state index < -0.39 is 23.9 Å². The number of aliphatic carboxylic acids is 3. The molecule has 1 amide bonds. The first-order valence-corrected chi connectivity index (χ1v) is 25.0. The van der Waals surface area contributed by atoms with Gasteiger partial charge in [0, 0.05) is 43.2 Å². The van der Waals surface area contributed by atoms with E-state index in [0.717, 1.165) is 50.6 Å². The number of H-pyrrole nitrogens is 1. The fourth-order valence-corrected chi connectivity index (χ4v) is 7.36. The molecule has 352 valence electrons. The van der Waals surface area contributed by atoms with Gasteiger partial charge in [0.2, 0.25) is 5.91 Å². The zero-order chi connectivity index (χ0) is 44.7. The Balaban J connectivity index is -0.000000820. The van der Waals surface area contributed by atoms with Crippen LogP contribution in [-0.4, -0.2) is 79.4 Å². The minimum Gasteiger partial charge on any atom is -0.550 e. The van der Waals surface area contributed by atoms with Crippen LogP contribution in [0.15, 0.2) is 12.5 Å². The summed E-state index contributed by atoms with van der Waals surface area (Å²) in [4.78, 5) is 52.4. The summed E-state index contributed by atoms with van der Waals surface area (Å²) in [6, 6.07) is -0.832. The van der Waals surface area contributed by atoms with E-state index in [-0.39, 0.29) is 48.2 Å². The number of hydrogen-bond donors (Lipinski definition) is 2. The number of imidazole rings is 1. The van der Waals surface area contributed by atoms with Crippen molar-refractivity contribution in [1.82, 2.24) is 14.9 Å². The first kappa shape index (κ1) is 63.1. The van der Waals surface area contributed by atoms with Gasteiger partial charge in [-0.15, -0.1) is 0 Å². The number of nitrogens with one attached hydrogen (secondary N) is 1. The number of carbonyl (C=O) groups excluding carboxylic acids is 3. The number of aromatic amines is 1. The molecule has 10 nitrogen and oxygen atoms in total. The van der Waals surface area contributed by atoms with Crippen LogP contribution in [0.3, 0.4) is 0 Å². The number of carboxylic acids is 3. The number of unbranched alkanes of at least 4 members (excludes halogenated alkanes) is 29. The van der Waals surface area contributed by atoms with Gasteiger partial charge in [-0.3, -0.25) is 4.79 Å². The van der Waals surface area contributed by atoms with E-state index in [4.69, 9.17) is 0 Å². The van der Waals surface area contributed by atoms with Crippen molar-refractivity contribution in [1.29, 1.82) is 0 Å². The van der Waals surface area contributed by atoms with Gasteiger partial charge in [0.1, 0.15) is 6.04 Å². The second-order valence-corrected chi connectivity index (χ2v) is 17.0. The number of carbonyl (C=O) groups is 4. The molecule has 1 heterocycles. The Hall–Kier alpha value is -2.14. The minimum absolute atomic E-state index is 0. The summed E-state index contributed by atoms with van der Waals surface area (Å²) < 4.78 is 0. The maximum Gasteiger partial charge on any atom is 2.00 e. The Kier molecular flexibility index (Phi) is 52.3. The van der Waals surface area contributed by atoms with Gasteiger partial charge in [0.15, 0.2) is 0 Å². The van der Waals surface area contributed by atoms with Crippen molar-refractivity contribution in [2.75, 3.05) is 6.54 Å². The van der Waals surface area contributed by atoms with Gasteiger partial charge >= 0.3 is 29.0 Å². The fourth-order valence-electron chi connectivity index (χ4n) is 7.36. The van der Waals surface area contributed by atoms with Crippen LogP contribution in [0.1, 0.15) is 265 Å². The molecule has 0 unspecified atom stereocenters. The number of amides is 1. The van der Waals surface area contributed by atoms with E-state index in [9.17, 15) is 34.5 Å². The van der Waals surface area contributed by atoms with Crippen molar-refractivity contribution in [3.63, 3.8) is 0 Å². The zero-order valence-corrected chi connectivity index (χ0v) is 41.5. The Labute approximate surface area is 390 Å². The molecule has 0 spiro atoms. The molecule has 0 aliphatic rings. The number of carboxylic acid groups (broad SMARTS) is 3. The van der Waals surface area contributed by atoms with Crippen molar-refractivity contribution >= 4 is 46.9 Å². The van der Waals surface area contributed by atoms with Gasteiger partial charge in [-0.2, -0.15) is 0 Å². The summed E-state index contributed by atoms with van der Waals surface area (Å²) in [5.41, 5.74) is 0.725. The molecule has 61 heavy (non-hydrogen) atoms. The second kappa shape index (κ2) is 50.5. The van der Waals surface area contributed by atoms with E-state index in [1.807, 2.05) is 13.8 Å². The van der Waals surface area contributed by atoms with Crippen molar-refractivity contribution in [2.45, 2.75) is 271 Å². The molecule has 0 aromatic carbocycles. The summed E-state index contributed by atoms with van der Waals surface area (Å²) in [7, 11) is 0. The Morgan fingerprint density at radius 1 is 0.525 bits per heavy atom. The van der Waals surface area contributed by atoms with E-state index in [1.165, 1.54) is 178 Å². The summed E-state index contributed by atoms with van der Waals surface area (Å²) in [6.07, 6.45) is 45.9. The van der Waals surface area contributed by atoms with Crippen LogP contribution >= 0.6 is 0 Å². The fraction of sp³-hybridized carbons (Fsp3) is 0.860. The van der Waals surface area contributed by atoms with Crippen LogP contribution in [0.2, 0.25) is 0 Å². The third-order valence-corrected chi connectivity index (χ3v) is 11.1. The van der Waals surface area contributed by atoms with Crippen LogP contribution in [-0.2, 0) is 25.6 Å². The molecule has 1 atom stereocenters. The van der Waals surface area contributed by atoms with Crippen LogP contribution in [0.5, 0.6) is 0 Å². The molecule has 0 aliphatic heterocycles. The third-order valence-electron chi connectivity index (χ3n) is 11.1. The van der Waals surface area contributed by atoms with E-state index >= 15 is 0 Å². The van der Waals surface area contributed by atoms with Crippen molar-refractivity contribution in [3.8, 4) is 0 Å². The molecule has 0 fully saturated rings. The summed E-state index contributed by atoms with van der Waals surface area (Å²) in [5, 5.41) is 29.9. The molecule has 11 heteroatoms. The molecule has 0 radical (unpaired) electrons. The van der Waals surface area contributed by atoms with Crippen molar-refractivity contribution in [3.05, 3.63) is 18.2 Å². The first-order valence-electron chi connectivity index (χ1n) is 25.0. The summed E-state index contributed by atoms with van der Waals surface area (Å²) in [5.74, 6) is -2.87. The molecular formula is C50H93MgN3O7. The Morgan fingerprint density at radius 3 is 1.11 bits per heavy atom. The quantitative estimate of drug-likeness (QED) is 0.0484. The van der Waals surface area contributed by atoms with Gasteiger partial charge in [0.25, 0.3) is 0 Å². The molecule has 1 aromatic heterocycles. The molecule has 0 bridgehead atoms. The molecule has 0 aliphatic carbocycles. The second-order valence-electron chi connectivity index (χ2n) is 17.0. The Bertz CT molecular complexity index is 1050. The number of hydrogen-bond acceptors (Lipinski definition) is 7. The monoisotopic (exact) mass is 872 g/mol. The first-order chi connectivity index (χ1) is 29.1. The number of aromatic nitrogens is 2. The maximum absolute atomic E-state index is 12.2. The summed E-state index contributed by atoms with van der Waals surface area (Å²) in [6.45, 7) is 8.96. The van der Waals surface area contributed by atoms with Gasteiger partial charge in [-0.05, 0) is 38.5 Å². The normalized spacial score (nSPS) is 11.1. The van der Waals surface area contributed by atoms with Crippen LogP contribution in [0, 0.1) is 0 Å². The smallest absolute Gasteiger partial charge is 0.550 e. The van der Waals surface area contributed by atoms with E-state index in [2.05, 4.69) is 23.8 Å². The van der Waals surface area contributed by atoms with Gasteiger partial charge in [-0.25, -0.2) is 9.78 Å². The van der Waals surface area contributed by atoms with Gasteiger partial charge < -0.3 is 34.8 Å². The average Bonchev–Trinajstić information content (AvgIpc) is 3.74. The van der Waals surface area contributed by atoms with Crippen molar-refractivity contribution in [2.24, 2.45) is 0 Å². The van der Waals surface area contributed by atoms with Crippen LogP contribution in [0.25, 0.3) is 0 Å². The standard InChI is InChI=1S/2C18H36O2.C14H23N3O3.Mg/c2*1-2-3-4-5-6-7-8-9-10-11-12-13-14-15-16-17-18(19)20;1-3-5-7-17(13(18)6-4-2)12(14(19)20)8-11-9-15-10-16-11;/h2*2-17H2,1H3,(H,19,20);9-10,12H,3-8H2,1-2H3,(H,15,16)(H,19,20);/q;;;+2/p-2/t;;12-;/m..0./s1. The third kappa shape index (κ3) is 47.2. The minimum atomic E-state index is -0.972. The molecule has 2 N–H and O–H groups in total. The van der Waals surface area contributed by atoms with E-state index in [0.29, 0.717) is 13.0 Å². The van der Waals surface area contributed by atoms with Crippen LogP contribution in [0.4, 0.5) is 0 Å². The topological polar surface area (TPSA) is 167 Å². The SMILES string of the molecule is CCCCCCCCCCCCCCCCCC(=O)[O-].CCCCCCCCCCCCCCCCCC(=O)[O-].CCCCN(C(=O)CCC)[C@@H](Cc1cnc[nH]1)C(=O)O.[Mg+2]. The van der Waals surface area contributed by atoms with Crippen molar-refractivity contribution < 1.29 is 34.5 Å². The largest absolute Gasteiger partial charge is 2.00 e. The molecule has 1 aromatic rings. The van der Waals surface area contributed by atoms with Crippen LogP contribution < -0.4 is 10.2 Å². The predicted molar refractivity (Wildman–Crippen MR) is 250 cm³/mol. The Morgan fingerprint density at radius 2 is 0.852 bits per heavy atom. The zero-order valence-electron chi connectivity index (χ0n) is 40.1. The molecule has 0 saturated carbocycles.